The van der Waals surface area contributed by atoms with Gasteiger partial charge in [0.1, 0.15) is 11.6 Å². The van der Waals surface area contributed by atoms with Gasteiger partial charge in [-0.3, -0.25) is 0 Å². The van der Waals surface area contributed by atoms with Crippen LogP contribution >= 0.6 is 0 Å². The van der Waals surface area contributed by atoms with Crippen molar-refractivity contribution in [1.82, 2.24) is 5.32 Å². The quantitative estimate of drug-likeness (QED) is 0.861. The second-order valence-corrected chi connectivity index (χ2v) is 4.55. The van der Waals surface area contributed by atoms with Crippen LogP contribution in [-0.2, 0) is 6.42 Å². The molecule has 0 saturated carbocycles. The van der Waals surface area contributed by atoms with Crippen LogP contribution in [0.2, 0.25) is 0 Å². The summed E-state index contributed by atoms with van der Waals surface area (Å²) in [5, 5.41) is 3.15. The Hall–Kier alpha value is -1.74. The average molecular weight is 261 g/mol. The second kappa shape index (κ2) is 6.43. The highest BCUT2D eigenvalue weighted by Gasteiger charge is 2.14. The van der Waals surface area contributed by atoms with Gasteiger partial charge in [0.15, 0.2) is 0 Å². The van der Waals surface area contributed by atoms with Crippen LogP contribution in [-0.4, -0.2) is 6.54 Å². The molecule has 1 atom stereocenters. The maximum absolute atomic E-state index is 13.6. The van der Waals surface area contributed by atoms with E-state index in [1.165, 1.54) is 23.8 Å². The fourth-order valence-corrected chi connectivity index (χ4v) is 2.10. The van der Waals surface area contributed by atoms with E-state index in [2.05, 4.69) is 5.32 Å². The summed E-state index contributed by atoms with van der Waals surface area (Å²) in [6.07, 6.45) is 0.835. The largest absolute Gasteiger partial charge is 0.310 e. The standard InChI is InChI=1S/C16H17F2N/c1-12(16-14(17)8-5-9-15(16)18)19-11-10-13-6-3-2-4-7-13/h2-9,12,19H,10-11H2,1H3. The molecule has 0 bridgehead atoms. The minimum atomic E-state index is -0.500. The lowest BCUT2D eigenvalue weighted by molar-refractivity contribution is 0.490. The Balaban J connectivity index is 1.93. The Bertz CT molecular complexity index is 505. The summed E-state index contributed by atoms with van der Waals surface area (Å²) in [5.74, 6) is -1.00. The van der Waals surface area contributed by atoms with Crippen molar-refractivity contribution in [1.29, 1.82) is 0 Å². The van der Waals surface area contributed by atoms with E-state index < -0.39 is 11.6 Å². The lowest BCUT2D eigenvalue weighted by Gasteiger charge is -2.15. The SMILES string of the molecule is CC(NCCc1ccccc1)c1c(F)cccc1F. The summed E-state index contributed by atoms with van der Waals surface area (Å²) in [6, 6.07) is 13.6. The molecule has 0 fully saturated rings. The molecule has 0 aromatic heterocycles. The zero-order valence-electron chi connectivity index (χ0n) is 10.9. The molecule has 2 aromatic rings. The maximum atomic E-state index is 13.6. The van der Waals surface area contributed by atoms with E-state index in [-0.39, 0.29) is 11.6 Å². The molecule has 0 radical (unpaired) electrons. The van der Waals surface area contributed by atoms with Crippen LogP contribution in [0.3, 0.4) is 0 Å². The van der Waals surface area contributed by atoms with Crippen molar-refractivity contribution >= 4 is 0 Å². The Labute approximate surface area is 112 Å². The van der Waals surface area contributed by atoms with Gasteiger partial charge in [-0.1, -0.05) is 36.4 Å². The Kier molecular flexibility index (Phi) is 4.63. The van der Waals surface area contributed by atoms with Crippen molar-refractivity contribution < 1.29 is 8.78 Å². The van der Waals surface area contributed by atoms with Crippen molar-refractivity contribution in [3.05, 3.63) is 71.3 Å². The van der Waals surface area contributed by atoms with Gasteiger partial charge in [0.25, 0.3) is 0 Å². The first-order chi connectivity index (χ1) is 9.18. The first-order valence-electron chi connectivity index (χ1n) is 6.39. The molecule has 0 saturated heterocycles. The molecular weight excluding hydrogens is 244 g/mol. The van der Waals surface area contributed by atoms with Gasteiger partial charge >= 0.3 is 0 Å². The van der Waals surface area contributed by atoms with Gasteiger partial charge in [0.05, 0.1) is 0 Å². The van der Waals surface area contributed by atoms with E-state index in [0.717, 1.165) is 6.42 Å². The summed E-state index contributed by atoms with van der Waals surface area (Å²) in [4.78, 5) is 0. The molecule has 1 unspecified atom stereocenters. The minimum Gasteiger partial charge on any atom is -0.310 e. The van der Waals surface area contributed by atoms with E-state index in [0.29, 0.717) is 6.54 Å². The van der Waals surface area contributed by atoms with Crippen LogP contribution in [0.1, 0.15) is 24.1 Å². The lowest BCUT2D eigenvalue weighted by atomic mass is 10.1. The van der Waals surface area contributed by atoms with Crippen molar-refractivity contribution in [2.75, 3.05) is 6.54 Å². The zero-order chi connectivity index (χ0) is 13.7. The summed E-state index contributed by atoms with van der Waals surface area (Å²) in [6.45, 7) is 2.45. The summed E-state index contributed by atoms with van der Waals surface area (Å²) in [5.41, 5.74) is 1.31. The molecule has 0 aliphatic rings. The van der Waals surface area contributed by atoms with E-state index >= 15 is 0 Å². The number of benzene rings is 2. The van der Waals surface area contributed by atoms with Gasteiger partial charge in [0.2, 0.25) is 0 Å². The molecule has 0 aliphatic carbocycles. The minimum absolute atomic E-state index is 0.107. The van der Waals surface area contributed by atoms with E-state index in [4.69, 9.17) is 0 Å². The number of rotatable bonds is 5. The summed E-state index contributed by atoms with van der Waals surface area (Å²) >= 11 is 0. The lowest BCUT2D eigenvalue weighted by Crippen LogP contribution is -2.23. The van der Waals surface area contributed by atoms with E-state index in [9.17, 15) is 8.78 Å². The fraction of sp³-hybridized carbons (Fsp3) is 0.250. The molecule has 0 heterocycles. The highest BCUT2D eigenvalue weighted by molar-refractivity contribution is 5.23. The number of hydrogen-bond acceptors (Lipinski definition) is 1. The first kappa shape index (κ1) is 13.7. The van der Waals surface area contributed by atoms with Crippen LogP contribution < -0.4 is 5.32 Å². The van der Waals surface area contributed by atoms with Crippen LogP contribution in [0.5, 0.6) is 0 Å². The molecule has 1 N–H and O–H groups in total. The van der Waals surface area contributed by atoms with Crippen LogP contribution in [0.25, 0.3) is 0 Å². The molecule has 1 nitrogen and oxygen atoms in total. The van der Waals surface area contributed by atoms with Gasteiger partial charge in [-0.2, -0.15) is 0 Å². The van der Waals surface area contributed by atoms with Crippen molar-refractivity contribution in [2.24, 2.45) is 0 Å². The van der Waals surface area contributed by atoms with E-state index in [1.807, 2.05) is 30.3 Å². The first-order valence-corrected chi connectivity index (χ1v) is 6.39. The maximum Gasteiger partial charge on any atom is 0.130 e. The highest BCUT2D eigenvalue weighted by Crippen LogP contribution is 2.20. The summed E-state index contributed by atoms with van der Waals surface area (Å²) in [7, 11) is 0. The third-order valence-electron chi connectivity index (χ3n) is 3.14. The van der Waals surface area contributed by atoms with Gasteiger partial charge in [0, 0.05) is 11.6 Å². The molecule has 0 amide bonds. The smallest absolute Gasteiger partial charge is 0.130 e. The van der Waals surface area contributed by atoms with Crippen molar-refractivity contribution in [3.63, 3.8) is 0 Å². The van der Waals surface area contributed by atoms with Crippen LogP contribution in [0.4, 0.5) is 8.78 Å². The zero-order valence-corrected chi connectivity index (χ0v) is 10.9. The topological polar surface area (TPSA) is 12.0 Å². The molecule has 19 heavy (non-hydrogen) atoms. The molecule has 0 aliphatic heterocycles. The predicted molar refractivity (Wildman–Crippen MR) is 72.9 cm³/mol. The molecular formula is C16H17F2N. The van der Waals surface area contributed by atoms with Gasteiger partial charge in [-0.05, 0) is 37.6 Å². The van der Waals surface area contributed by atoms with Crippen LogP contribution in [0, 0.1) is 11.6 Å². The van der Waals surface area contributed by atoms with Gasteiger partial charge in [-0.25, -0.2) is 8.78 Å². The number of nitrogens with one attached hydrogen (secondary N) is 1. The highest BCUT2D eigenvalue weighted by atomic mass is 19.1. The summed E-state index contributed by atoms with van der Waals surface area (Å²) < 4.78 is 27.1. The molecule has 100 valence electrons. The van der Waals surface area contributed by atoms with E-state index in [1.54, 1.807) is 6.92 Å². The Morgan fingerprint density at radius 3 is 2.21 bits per heavy atom. The number of hydrogen-bond donors (Lipinski definition) is 1. The average Bonchev–Trinajstić information content (AvgIpc) is 2.40. The Morgan fingerprint density at radius 2 is 1.58 bits per heavy atom. The fourth-order valence-electron chi connectivity index (χ4n) is 2.10. The normalized spacial score (nSPS) is 12.4. The third-order valence-corrected chi connectivity index (χ3v) is 3.14. The van der Waals surface area contributed by atoms with Gasteiger partial charge in [-0.15, -0.1) is 0 Å². The van der Waals surface area contributed by atoms with Crippen molar-refractivity contribution in [3.8, 4) is 0 Å². The molecule has 2 rings (SSSR count). The Morgan fingerprint density at radius 1 is 0.947 bits per heavy atom. The molecule has 3 heteroatoms. The monoisotopic (exact) mass is 261 g/mol. The molecule has 2 aromatic carbocycles. The number of halogens is 2. The van der Waals surface area contributed by atoms with Crippen molar-refractivity contribution in [2.45, 2.75) is 19.4 Å². The third kappa shape index (κ3) is 3.61. The second-order valence-electron chi connectivity index (χ2n) is 4.55. The molecule has 0 spiro atoms. The van der Waals surface area contributed by atoms with Gasteiger partial charge < -0.3 is 5.32 Å². The van der Waals surface area contributed by atoms with Crippen LogP contribution in [0.15, 0.2) is 48.5 Å². The predicted octanol–water partition coefficient (Wildman–Crippen LogP) is 3.86.